The summed E-state index contributed by atoms with van der Waals surface area (Å²) in [6, 6.07) is 5.29. The molecule has 9 nitrogen and oxygen atoms in total. The van der Waals surface area contributed by atoms with Crippen molar-refractivity contribution in [3.63, 3.8) is 0 Å². The molecule has 0 aliphatic heterocycles. The molecule has 0 N–H and O–H groups in total. The summed E-state index contributed by atoms with van der Waals surface area (Å²) < 4.78 is 66.9. The predicted octanol–water partition coefficient (Wildman–Crippen LogP) is 7.47. The zero-order valence-corrected chi connectivity index (χ0v) is 35.4. The van der Waals surface area contributed by atoms with Gasteiger partial charge in [-0.2, -0.15) is 0 Å². The lowest BCUT2D eigenvalue weighted by atomic mass is 10.2. The lowest BCUT2D eigenvalue weighted by molar-refractivity contribution is -0.0442. The second-order valence-electron chi connectivity index (χ2n) is 13.5. The van der Waals surface area contributed by atoms with Crippen molar-refractivity contribution in [2.24, 2.45) is 0 Å². The van der Waals surface area contributed by atoms with Crippen LogP contribution in [0.4, 0.5) is 4.39 Å². The smallest absolute Gasteiger partial charge is 0.456 e. The molecule has 1 unspecified atom stereocenters. The first-order valence-corrected chi connectivity index (χ1v) is 31.6. The molecule has 0 saturated heterocycles. The summed E-state index contributed by atoms with van der Waals surface area (Å²) in [6.07, 6.45) is 1.77. The Hall–Kier alpha value is 0.871. The molecule has 0 radical (unpaired) electrons. The van der Waals surface area contributed by atoms with Gasteiger partial charge in [0.1, 0.15) is 0 Å². The zero-order chi connectivity index (χ0) is 32.7. The molecule has 0 saturated carbocycles. The van der Waals surface area contributed by atoms with Crippen LogP contribution < -0.4 is 0 Å². The number of hydrogen-bond acceptors (Lipinski definition) is 9. The van der Waals surface area contributed by atoms with Gasteiger partial charge in [-0.05, 0) is 89.4 Å². The third kappa shape index (κ3) is 17.5. The quantitative estimate of drug-likeness (QED) is 0.0672. The summed E-state index contributed by atoms with van der Waals surface area (Å²) in [6.45, 7) is 18.4. The maximum atomic E-state index is 14.5. The van der Waals surface area contributed by atoms with Crippen LogP contribution >= 0.6 is 0 Å². The van der Waals surface area contributed by atoms with Gasteiger partial charge in [-0.25, -0.2) is 4.39 Å². The molecule has 0 aromatic heterocycles. The Morgan fingerprint density at radius 2 is 0.786 bits per heavy atom. The highest BCUT2D eigenvalue weighted by molar-refractivity contribution is 6.86. The van der Waals surface area contributed by atoms with Gasteiger partial charge in [-0.1, -0.05) is 6.42 Å². The lowest BCUT2D eigenvalue weighted by Crippen LogP contribution is -2.48. The van der Waals surface area contributed by atoms with Gasteiger partial charge in [0.2, 0.25) is 0 Å². The van der Waals surface area contributed by atoms with E-state index in [-0.39, 0.29) is 0 Å². The molecule has 254 valence electrons. The van der Waals surface area contributed by atoms with E-state index in [2.05, 4.69) is 52.4 Å². The van der Waals surface area contributed by atoms with Crippen molar-refractivity contribution in [3.8, 4) is 0 Å². The summed E-state index contributed by atoms with van der Waals surface area (Å²) in [7, 11) is -2.92. The molecule has 0 aromatic rings. The molecule has 0 fully saturated rings. The van der Waals surface area contributed by atoms with E-state index < -0.39 is 57.2 Å². The summed E-state index contributed by atoms with van der Waals surface area (Å²) in [5.41, 5.74) is 0. The molecule has 16 heteroatoms. The maximum absolute atomic E-state index is 14.5. The highest BCUT2D eigenvalue weighted by Gasteiger charge is 2.43. The molecule has 0 rings (SSSR count). The van der Waals surface area contributed by atoms with Crippen LogP contribution in [0.3, 0.4) is 0 Å². The third-order valence-electron chi connectivity index (χ3n) is 7.72. The van der Waals surface area contributed by atoms with E-state index in [1.165, 1.54) is 0 Å². The number of halogens is 1. The highest BCUT2D eigenvalue weighted by Crippen LogP contribution is 2.29. The van der Waals surface area contributed by atoms with Crippen molar-refractivity contribution in [1.29, 1.82) is 0 Å². The molecule has 0 spiro atoms. The van der Waals surface area contributed by atoms with Crippen LogP contribution in [0, 0.1) is 0 Å². The fraction of sp³-hybridized carbons (Fsp3) is 1.00. The molecule has 0 bridgehead atoms. The summed E-state index contributed by atoms with van der Waals surface area (Å²) >= 11 is 0. The van der Waals surface area contributed by atoms with E-state index in [1.54, 1.807) is 42.7 Å². The van der Waals surface area contributed by atoms with E-state index in [4.69, 9.17) is 39.5 Å². The number of unbranched alkanes of at least 4 members (excludes halogenated alkanes) is 1. The minimum atomic E-state index is -2.60. The van der Waals surface area contributed by atoms with E-state index in [0.717, 1.165) is 55.5 Å². The van der Waals surface area contributed by atoms with Crippen molar-refractivity contribution in [2.45, 2.75) is 121 Å². The Labute approximate surface area is 264 Å². The van der Waals surface area contributed by atoms with Crippen LogP contribution in [-0.2, 0) is 39.5 Å². The fourth-order valence-electron chi connectivity index (χ4n) is 5.37. The summed E-state index contributed by atoms with van der Waals surface area (Å²) in [5.74, 6) is 0. The largest absolute Gasteiger partial charge is 0.499 e. The Bertz CT molecular complexity index is 652. The van der Waals surface area contributed by atoms with Gasteiger partial charge in [-0.15, -0.1) is 0 Å². The minimum Gasteiger partial charge on any atom is -0.456 e. The number of hydrogen-bond donors (Lipinski definition) is 0. The van der Waals surface area contributed by atoms with Crippen LogP contribution in [0.2, 0.25) is 88.6 Å². The molecule has 0 aliphatic carbocycles. The second-order valence-corrected chi connectivity index (χ2v) is 37.4. The van der Waals surface area contributed by atoms with E-state index in [9.17, 15) is 4.39 Å². The Morgan fingerprint density at radius 1 is 0.452 bits per heavy atom. The standard InChI is InChI=1S/C26H65FO9Si6/c1-28-41(29-2,30-3)24-22-39(11,12)35-37(7,8)20-16-15-18-26(27)34-19-17-21-38(9,10)36-40(13,14)23-25-42(31-4,32-5)33-6/h26H,15-25H2,1-14H3. The predicted molar refractivity (Wildman–Crippen MR) is 184 cm³/mol. The van der Waals surface area contributed by atoms with Gasteiger partial charge in [0, 0.05) is 67.8 Å². The first kappa shape index (κ1) is 42.9. The Balaban J connectivity index is 4.40. The number of rotatable bonds is 26. The van der Waals surface area contributed by atoms with Crippen LogP contribution in [0.1, 0.15) is 25.7 Å². The van der Waals surface area contributed by atoms with E-state index in [1.807, 2.05) is 0 Å². The molecule has 0 amide bonds. The van der Waals surface area contributed by atoms with Crippen molar-refractivity contribution < 1.29 is 43.9 Å². The van der Waals surface area contributed by atoms with Gasteiger partial charge in [0.05, 0.1) is 0 Å². The summed E-state index contributed by atoms with van der Waals surface area (Å²) in [5, 5.41) is 0. The number of alkyl halides is 1. The van der Waals surface area contributed by atoms with Gasteiger partial charge >= 0.3 is 17.6 Å². The molecule has 42 heavy (non-hydrogen) atoms. The topological polar surface area (TPSA) is 83.1 Å². The minimum absolute atomic E-state index is 0.425. The Kier molecular flexibility index (Phi) is 19.9. The van der Waals surface area contributed by atoms with Crippen molar-refractivity contribution >= 4 is 50.9 Å². The average molecular weight is 709 g/mol. The third-order valence-corrected chi connectivity index (χ3v) is 29.0. The van der Waals surface area contributed by atoms with Gasteiger partial charge in [0.25, 0.3) is 0 Å². The van der Waals surface area contributed by atoms with Crippen molar-refractivity contribution in [3.05, 3.63) is 0 Å². The van der Waals surface area contributed by atoms with Crippen LogP contribution in [-0.4, -0.2) is 107 Å². The van der Waals surface area contributed by atoms with E-state index in [0.29, 0.717) is 13.0 Å². The first-order chi connectivity index (χ1) is 19.3. The molecular weight excluding hydrogens is 644 g/mol. The first-order valence-electron chi connectivity index (χ1n) is 15.3. The monoisotopic (exact) mass is 708 g/mol. The van der Waals surface area contributed by atoms with Gasteiger partial charge < -0.3 is 39.5 Å². The molecule has 0 aliphatic rings. The van der Waals surface area contributed by atoms with Gasteiger partial charge in [-0.3, -0.25) is 0 Å². The van der Waals surface area contributed by atoms with Crippen LogP contribution in [0.25, 0.3) is 0 Å². The van der Waals surface area contributed by atoms with Crippen molar-refractivity contribution in [2.75, 3.05) is 49.3 Å². The zero-order valence-electron chi connectivity index (χ0n) is 29.4. The van der Waals surface area contributed by atoms with Crippen LogP contribution in [0.15, 0.2) is 0 Å². The molecule has 0 heterocycles. The van der Waals surface area contributed by atoms with Crippen molar-refractivity contribution in [1.82, 2.24) is 0 Å². The second kappa shape index (κ2) is 19.5. The summed E-state index contributed by atoms with van der Waals surface area (Å²) in [4.78, 5) is 0. The molecule has 1 atom stereocenters. The molecule has 0 aromatic carbocycles. The van der Waals surface area contributed by atoms with E-state index >= 15 is 0 Å². The SMILES string of the molecule is CO[Si](CC[Si](C)(C)O[Si](C)(C)CCCCC(F)OCCC[Si](C)(C)O[Si](C)(C)CC[Si](OC)(OC)OC)(OC)OC. The fourth-order valence-corrected chi connectivity index (χ4v) is 30.6. The highest BCUT2D eigenvalue weighted by atomic mass is 28.4. The normalized spacial score (nSPS) is 14.9. The number of ether oxygens (including phenoxy) is 1. The average Bonchev–Trinajstić information content (AvgIpc) is 2.90. The lowest BCUT2D eigenvalue weighted by Gasteiger charge is -2.35. The Morgan fingerprint density at radius 3 is 1.14 bits per heavy atom. The maximum Gasteiger partial charge on any atom is 0.499 e. The molecular formula is C26H65FO9Si6. The van der Waals surface area contributed by atoms with Gasteiger partial charge in [0.15, 0.2) is 39.6 Å². The van der Waals surface area contributed by atoms with Crippen LogP contribution in [0.5, 0.6) is 0 Å².